The van der Waals surface area contributed by atoms with Gasteiger partial charge in [0.15, 0.2) is 0 Å². The molecule has 0 unspecified atom stereocenters. The number of nitrogens with one attached hydrogen (secondary N) is 1. The second-order valence-corrected chi connectivity index (χ2v) is 8.26. The number of sulfonamides is 1. The third-order valence-electron chi connectivity index (χ3n) is 4.53. The van der Waals surface area contributed by atoms with Crippen LogP contribution in [0.15, 0.2) is 59.5 Å². The number of rotatable bonds is 7. The Balaban J connectivity index is 2.24. The van der Waals surface area contributed by atoms with E-state index < -0.39 is 21.8 Å². The SMILES string of the molecule is CNS(=O)(=O)c1cccc(-c2cc(C(=O)OC)cc3c2ncn3CC(F)=CCN)c1. The summed E-state index contributed by atoms with van der Waals surface area (Å²) in [4.78, 5) is 16.6. The van der Waals surface area contributed by atoms with Crippen molar-refractivity contribution in [2.75, 3.05) is 20.7 Å². The maximum Gasteiger partial charge on any atom is 0.337 e. The van der Waals surface area contributed by atoms with E-state index in [0.717, 1.165) is 0 Å². The molecule has 1 heterocycles. The highest BCUT2D eigenvalue weighted by Gasteiger charge is 2.18. The largest absolute Gasteiger partial charge is 0.465 e. The summed E-state index contributed by atoms with van der Waals surface area (Å²) in [5, 5.41) is 0. The second kappa shape index (κ2) is 8.74. The minimum absolute atomic E-state index is 0.0594. The summed E-state index contributed by atoms with van der Waals surface area (Å²) in [5.41, 5.74) is 7.62. The van der Waals surface area contributed by atoms with E-state index in [2.05, 4.69) is 9.71 Å². The molecule has 1 aromatic heterocycles. The molecule has 0 amide bonds. The number of esters is 1. The van der Waals surface area contributed by atoms with Crippen molar-refractivity contribution in [3.05, 3.63) is 60.2 Å². The first kappa shape index (κ1) is 21.6. The molecule has 2 aromatic carbocycles. The summed E-state index contributed by atoms with van der Waals surface area (Å²) >= 11 is 0. The molecule has 0 spiro atoms. The van der Waals surface area contributed by atoms with Gasteiger partial charge in [-0.1, -0.05) is 12.1 Å². The Morgan fingerprint density at radius 1 is 1.33 bits per heavy atom. The number of nitrogens with two attached hydrogens (primary N) is 1. The number of carbonyl (C=O) groups excluding carboxylic acids is 1. The summed E-state index contributed by atoms with van der Waals surface area (Å²) in [6.45, 7) is -0.0458. The van der Waals surface area contributed by atoms with Gasteiger partial charge in [0.1, 0.15) is 5.83 Å². The van der Waals surface area contributed by atoms with Crippen LogP contribution in [0.2, 0.25) is 0 Å². The standard InChI is InChI=1S/C20H21FN4O4S/c1-23-30(27,28)16-5-3-4-13(8-16)17-9-14(20(26)29-2)10-18-19(17)24-12-25(18)11-15(21)6-7-22/h3-6,8-10,12,23H,7,11,22H2,1-2H3. The fourth-order valence-electron chi connectivity index (χ4n) is 3.05. The molecule has 3 rings (SSSR count). The summed E-state index contributed by atoms with van der Waals surface area (Å²) in [6, 6.07) is 9.37. The zero-order valence-corrected chi connectivity index (χ0v) is 17.2. The van der Waals surface area contributed by atoms with Crippen molar-refractivity contribution in [2.24, 2.45) is 5.73 Å². The maximum atomic E-state index is 14.0. The van der Waals surface area contributed by atoms with E-state index in [-0.39, 0.29) is 23.5 Å². The molecular formula is C20H21FN4O4S. The van der Waals surface area contributed by atoms with E-state index in [4.69, 9.17) is 10.5 Å². The van der Waals surface area contributed by atoms with Crippen LogP contribution in [0.5, 0.6) is 0 Å². The number of imidazole rings is 1. The number of carbonyl (C=O) groups is 1. The Labute approximate surface area is 173 Å². The first-order valence-electron chi connectivity index (χ1n) is 8.96. The lowest BCUT2D eigenvalue weighted by Gasteiger charge is -2.10. The normalized spacial score (nSPS) is 12.3. The topological polar surface area (TPSA) is 116 Å². The molecule has 0 aliphatic carbocycles. The highest BCUT2D eigenvalue weighted by atomic mass is 32.2. The molecule has 158 valence electrons. The summed E-state index contributed by atoms with van der Waals surface area (Å²) in [5.74, 6) is -1.02. The molecule has 0 saturated carbocycles. The van der Waals surface area contributed by atoms with Crippen molar-refractivity contribution in [2.45, 2.75) is 11.4 Å². The number of allylic oxidation sites excluding steroid dienone is 1. The molecule has 0 atom stereocenters. The molecule has 10 heteroatoms. The van der Waals surface area contributed by atoms with Crippen LogP contribution in [-0.4, -0.2) is 44.6 Å². The third kappa shape index (κ3) is 4.25. The van der Waals surface area contributed by atoms with Crippen LogP contribution >= 0.6 is 0 Å². The number of ether oxygens (including phenoxy) is 1. The van der Waals surface area contributed by atoms with Gasteiger partial charge < -0.3 is 15.0 Å². The number of fused-ring (bicyclic) bond motifs is 1. The van der Waals surface area contributed by atoms with Gasteiger partial charge in [0.05, 0.1) is 41.5 Å². The van der Waals surface area contributed by atoms with Crippen molar-refractivity contribution < 1.29 is 22.3 Å². The van der Waals surface area contributed by atoms with Crippen molar-refractivity contribution in [3.8, 4) is 11.1 Å². The van der Waals surface area contributed by atoms with Crippen molar-refractivity contribution in [1.29, 1.82) is 0 Å². The number of nitrogens with zero attached hydrogens (tertiary/aromatic N) is 2. The zero-order valence-electron chi connectivity index (χ0n) is 16.4. The highest BCUT2D eigenvalue weighted by Crippen LogP contribution is 2.31. The number of aromatic nitrogens is 2. The molecular weight excluding hydrogens is 411 g/mol. The minimum Gasteiger partial charge on any atom is -0.465 e. The van der Waals surface area contributed by atoms with E-state index in [1.807, 2.05) is 0 Å². The van der Waals surface area contributed by atoms with E-state index >= 15 is 0 Å². The van der Waals surface area contributed by atoms with Gasteiger partial charge in [-0.2, -0.15) is 0 Å². The fraction of sp³-hybridized carbons (Fsp3) is 0.200. The molecule has 3 N–H and O–H groups in total. The Kier molecular flexibility index (Phi) is 6.30. The molecule has 0 bridgehead atoms. The van der Waals surface area contributed by atoms with Gasteiger partial charge in [0.25, 0.3) is 0 Å². The van der Waals surface area contributed by atoms with E-state index in [9.17, 15) is 17.6 Å². The number of halogens is 1. The van der Waals surface area contributed by atoms with Gasteiger partial charge in [-0.15, -0.1) is 0 Å². The maximum absolute atomic E-state index is 14.0. The summed E-state index contributed by atoms with van der Waals surface area (Å²) < 4.78 is 47.1. The molecule has 8 nitrogen and oxygen atoms in total. The molecule has 3 aromatic rings. The van der Waals surface area contributed by atoms with Gasteiger partial charge in [-0.3, -0.25) is 0 Å². The zero-order chi connectivity index (χ0) is 21.9. The third-order valence-corrected chi connectivity index (χ3v) is 5.94. The van der Waals surface area contributed by atoms with Gasteiger partial charge in [0.2, 0.25) is 10.0 Å². The monoisotopic (exact) mass is 432 g/mol. The number of methoxy groups -OCH3 is 1. The smallest absolute Gasteiger partial charge is 0.337 e. The molecule has 0 fully saturated rings. The highest BCUT2D eigenvalue weighted by molar-refractivity contribution is 7.89. The molecule has 0 aliphatic heterocycles. The molecule has 0 radical (unpaired) electrons. The number of hydrogen-bond acceptors (Lipinski definition) is 6. The van der Waals surface area contributed by atoms with E-state index in [1.54, 1.807) is 28.8 Å². The van der Waals surface area contributed by atoms with Crippen molar-refractivity contribution >= 4 is 27.0 Å². The van der Waals surface area contributed by atoms with Gasteiger partial charge >= 0.3 is 5.97 Å². The lowest BCUT2D eigenvalue weighted by molar-refractivity contribution is 0.0601. The van der Waals surface area contributed by atoms with Crippen LogP contribution in [0.25, 0.3) is 22.2 Å². The molecule has 0 saturated heterocycles. The number of benzene rings is 2. The van der Waals surface area contributed by atoms with Gasteiger partial charge in [-0.25, -0.2) is 27.3 Å². The first-order valence-corrected chi connectivity index (χ1v) is 10.4. The number of hydrogen-bond donors (Lipinski definition) is 2. The average Bonchev–Trinajstić information content (AvgIpc) is 3.15. The Morgan fingerprint density at radius 3 is 2.77 bits per heavy atom. The van der Waals surface area contributed by atoms with Crippen LogP contribution in [0.4, 0.5) is 4.39 Å². The summed E-state index contributed by atoms with van der Waals surface area (Å²) in [7, 11) is -1.09. The van der Waals surface area contributed by atoms with Crippen LogP contribution in [0.3, 0.4) is 0 Å². The second-order valence-electron chi connectivity index (χ2n) is 6.38. The van der Waals surface area contributed by atoms with Crippen LogP contribution in [-0.2, 0) is 21.3 Å². The quantitative estimate of drug-likeness (QED) is 0.553. The van der Waals surface area contributed by atoms with Crippen LogP contribution in [0.1, 0.15) is 10.4 Å². The lowest BCUT2D eigenvalue weighted by atomic mass is 10.0. The predicted molar refractivity (Wildman–Crippen MR) is 111 cm³/mol. The first-order chi connectivity index (χ1) is 14.3. The lowest BCUT2D eigenvalue weighted by Crippen LogP contribution is -2.18. The van der Waals surface area contributed by atoms with Crippen LogP contribution < -0.4 is 10.5 Å². The van der Waals surface area contributed by atoms with Gasteiger partial charge in [-0.05, 0) is 43.0 Å². The predicted octanol–water partition coefficient (Wildman–Crippen LogP) is 2.21. The fourth-order valence-corrected chi connectivity index (χ4v) is 3.82. The molecule has 0 aliphatic rings. The average molecular weight is 432 g/mol. The van der Waals surface area contributed by atoms with Crippen LogP contribution in [0, 0.1) is 0 Å². The Hall–Kier alpha value is -3.08. The van der Waals surface area contributed by atoms with Gasteiger partial charge in [0, 0.05) is 12.1 Å². The molecule has 30 heavy (non-hydrogen) atoms. The van der Waals surface area contributed by atoms with E-state index in [0.29, 0.717) is 22.2 Å². The summed E-state index contributed by atoms with van der Waals surface area (Å²) in [6.07, 6.45) is 2.70. The minimum atomic E-state index is -3.67. The van der Waals surface area contributed by atoms with Crippen molar-refractivity contribution in [1.82, 2.24) is 14.3 Å². The Morgan fingerprint density at radius 2 is 2.10 bits per heavy atom. The Bertz CT molecular complexity index is 1230. The van der Waals surface area contributed by atoms with E-state index in [1.165, 1.54) is 38.7 Å². The van der Waals surface area contributed by atoms with Crippen molar-refractivity contribution in [3.63, 3.8) is 0 Å².